The largest absolute Gasteiger partial charge is 0.480 e. The molecule has 1 N–H and O–H groups in total. The average Bonchev–Trinajstić information content (AvgIpc) is 2.94. The lowest BCUT2D eigenvalue weighted by Crippen LogP contribution is -2.44. The second kappa shape index (κ2) is 4.06. The van der Waals surface area contributed by atoms with Gasteiger partial charge >= 0.3 is 5.97 Å². The number of hydrogen-bond acceptors (Lipinski definition) is 2. The molecule has 0 amide bonds. The van der Waals surface area contributed by atoms with E-state index in [1.165, 1.54) is 18.4 Å². The third kappa shape index (κ3) is 1.70. The molecule has 0 aromatic heterocycles. The second-order valence-electron chi connectivity index (χ2n) is 5.03. The quantitative estimate of drug-likeness (QED) is 0.850. The molecule has 0 saturated heterocycles. The molecule has 1 atom stereocenters. The van der Waals surface area contributed by atoms with E-state index in [0.717, 1.165) is 18.5 Å². The van der Waals surface area contributed by atoms with Gasteiger partial charge in [-0.2, -0.15) is 0 Å². The molecule has 1 aliphatic carbocycles. The summed E-state index contributed by atoms with van der Waals surface area (Å²) in [7, 11) is 0. The Morgan fingerprint density at radius 2 is 1.94 bits per heavy atom. The number of hydrogen-bond donors (Lipinski definition) is 1. The highest BCUT2D eigenvalue weighted by molar-refractivity contribution is 5.82. The molecular formula is C14H17NO2. The van der Waals surface area contributed by atoms with Crippen molar-refractivity contribution >= 4 is 11.7 Å². The molecule has 0 spiro atoms. The van der Waals surface area contributed by atoms with Crippen LogP contribution >= 0.6 is 0 Å². The summed E-state index contributed by atoms with van der Waals surface area (Å²) in [6.45, 7) is 0. The number of carbonyl (C=O) groups is 1. The summed E-state index contributed by atoms with van der Waals surface area (Å²) in [5.74, 6) is -0.687. The van der Waals surface area contributed by atoms with Crippen molar-refractivity contribution in [1.29, 1.82) is 0 Å². The third-order valence-corrected chi connectivity index (χ3v) is 4.02. The van der Waals surface area contributed by atoms with Gasteiger partial charge in [0.05, 0.1) is 0 Å². The maximum Gasteiger partial charge on any atom is 0.326 e. The van der Waals surface area contributed by atoms with Crippen molar-refractivity contribution in [2.75, 3.05) is 4.90 Å². The van der Waals surface area contributed by atoms with E-state index < -0.39 is 5.97 Å². The zero-order valence-electron chi connectivity index (χ0n) is 9.80. The van der Waals surface area contributed by atoms with Gasteiger partial charge in [0, 0.05) is 18.2 Å². The van der Waals surface area contributed by atoms with E-state index in [2.05, 4.69) is 17.0 Å². The van der Waals surface area contributed by atoms with Crippen molar-refractivity contribution in [2.24, 2.45) is 0 Å². The van der Waals surface area contributed by atoms with E-state index in [9.17, 15) is 9.90 Å². The van der Waals surface area contributed by atoms with Gasteiger partial charge in [0.15, 0.2) is 0 Å². The molecule has 2 aliphatic rings. The van der Waals surface area contributed by atoms with Gasteiger partial charge < -0.3 is 10.0 Å². The maximum atomic E-state index is 11.4. The number of fused-ring (bicyclic) bond motifs is 1. The van der Waals surface area contributed by atoms with Gasteiger partial charge in [0.25, 0.3) is 0 Å². The van der Waals surface area contributed by atoms with Gasteiger partial charge in [0.1, 0.15) is 6.04 Å². The molecule has 0 bridgehead atoms. The van der Waals surface area contributed by atoms with Gasteiger partial charge in [0.2, 0.25) is 0 Å². The Morgan fingerprint density at radius 3 is 2.65 bits per heavy atom. The first-order valence-electron chi connectivity index (χ1n) is 6.36. The van der Waals surface area contributed by atoms with Crippen molar-refractivity contribution in [3.63, 3.8) is 0 Å². The molecule has 1 saturated carbocycles. The standard InChI is InChI=1S/C14H17NO2/c16-14(17)13-9-10-5-1-4-8-12(10)15(13)11-6-2-3-7-11/h1,4-5,8,11,13H,2-3,6-7,9H2,(H,16,17). The smallest absolute Gasteiger partial charge is 0.326 e. The zero-order chi connectivity index (χ0) is 11.8. The highest BCUT2D eigenvalue weighted by atomic mass is 16.4. The van der Waals surface area contributed by atoms with Crippen LogP contribution in [0.2, 0.25) is 0 Å². The second-order valence-corrected chi connectivity index (χ2v) is 5.03. The van der Waals surface area contributed by atoms with Gasteiger partial charge in [-0.3, -0.25) is 0 Å². The van der Waals surface area contributed by atoms with Crippen LogP contribution in [0.25, 0.3) is 0 Å². The minimum Gasteiger partial charge on any atom is -0.480 e. The number of carboxylic acids is 1. The zero-order valence-corrected chi connectivity index (χ0v) is 9.80. The molecular weight excluding hydrogens is 214 g/mol. The van der Waals surface area contributed by atoms with Gasteiger partial charge in [-0.1, -0.05) is 31.0 Å². The first-order valence-corrected chi connectivity index (χ1v) is 6.36. The first-order chi connectivity index (χ1) is 8.27. The lowest BCUT2D eigenvalue weighted by Gasteiger charge is -2.31. The Labute approximate surface area is 101 Å². The average molecular weight is 231 g/mol. The highest BCUT2D eigenvalue weighted by Crippen LogP contribution is 2.38. The van der Waals surface area contributed by atoms with E-state index >= 15 is 0 Å². The summed E-state index contributed by atoms with van der Waals surface area (Å²) < 4.78 is 0. The maximum absolute atomic E-state index is 11.4. The molecule has 1 fully saturated rings. The Kier molecular flexibility index (Phi) is 2.54. The summed E-state index contributed by atoms with van der Waals surface area (Å²) >= 11 is 0. The van der Waals surface area contributed by atoms with Gasteiger partial charge in [-0.05, 0) is 24.5 Å². The van der Waals surface area contributed by atoms with E-state index in [1.54, 1.807) is 0 Å². The summed E-state index contributed by atoms with van der Waals surface area (Å²) in [4.78, 5) is 13.6. The Hall–Kier alpha value is -1.51. The fourth-order valence-corrected chi connectivity index (χ4v) is 3.25. The monoisotopic (exact) mass is 231 g/mol. The van der Waals surface area contributed by atoms with E-state index in [0.29, 0.717) is 12.5 Å². The van der Waals surface area contributed by atoms with Crippen LogP contribution in [0.3, 0.4) is 0 Å². The van der Waals surface area contributed by atoms with Crippen LogP contribution in [0, 0.1) is 0 Å². The van der Waals surface area contributed by atoms with E-state index in [4.69, 9.17) is 0 Å². The van der Waals surface area contributed by atoms with Crippen LogP contribution < -0.4 is 4.90 Å². The van der Waals surface area contributed by atoms with Gasteiger partial charge in [-0.15, -0.1) is 0 Å². The number of rotatable bonds is 2. The van der Waals surface area contributed by atoms with Crippen molar-refractivity contribution in [3.8, 4) is 0 Å². The third-order valence-electron chi connectivity index (χ3n) is 4.02. The molecule has 1 aliphatic heterocycles. The topological polar surface area (TPSA) is 40.5 Å². The van der Waals surface area contributed by atoms with E-state index in [1.807, 2.05) is 12.1 Å². The van der Waals surface area contributed by atoms with Crippen LogP contribution in [0.15, 0.2) is 24.3 Å². The SMILES string of the molecule is O=C(O)C1Cc2ccccc2N1C1CCCC1. The number of aliphatic carboxylic acids is 1. The number of anilines is 1. The molecule has 1 aromatic carbocycles. The predicted molar refractivity (Wildman–Crippen MR) is 66.3 cm³/mol. The lowest BCUT2D eigenvalue weighted by atomic mass is 10.1. The predicted octanol–water partition coefficient (Wildman–Crippen LogP) is 2.44. The summed E-state index contributed by atoms with van der Waals surface area (Å²) in [6, 6.07) is 8.20. The number of nitrogens with zero attached hydrogens (tertiary/aromatic N) is 1. The van der Waals surface area contributed by atoms with Crippen LogP contribution in [0.5, 0.6) is 0 Å². The first kappa shape index (κ1) is 10.6. The van der Waals surface area contributed by atoms with Crippen molar-refractivity contribution in [2.45, 2.75) is 44.2 Å². The Morgan fingerprint density at radius 1 is 1.24 bits per heavy atom. The van der Waals surface area contributed by atoms with Crippen molar-refractivity contribution in [1.82, 2.24) is 0 Å². The van der Waals surface area contributed by atoms with Crippen molar-refractivity contribution < 1.29 is 9.90 Å². The minimum atomic E-state index is -0.687. The summed E-state index contributed by atoms with van der Waals surface area (Å²) in [6.07, 6.45) is 5.39. The molecule has 3 nitrogen and oxygen atoms in total. The fraction of sp³-hybridized carbons (Fsp3) is 0.500. The van der Waals surface area contributed by atoms with Crippen LogP contribution in [-0.2, 0) is 11.2 Å². The number of para-hydroxylation sites is 1. The normalized spacial score (nSPS) is 24.0. The molecule has 3 heteroatoms. The van der Waals surface area contributed by atoms with Gasteiger partial charge in [-0.25, -0.2) is 4.79 Å². The molecule has 0 radical (unpaired) electrons. The molecule has 1 heterocycles. The van der Waals surface area contributed by atoms with Crippen LogP contribution in [0.1, 0.15) is 31.2 Å². The van der Waals surface area contributed by atoms with Crippen LogP contribution in [0.4, 0.5) is 5.69 Å². The highest BCUT2D eigenvalue weighted by Gasteiger charge is 2.38. The van der Waals surface area contributed by atoms with Crippen molar-refractivity contribution in [3.05, 3.63) is 29.8 Å². The lowest BCUT2D eigenvalue weighted by molar-refractivity contribution is -0.138. The molecule has 17 heavy (non-hydrogen) atoms. The Balaban J connectivity index is 1.98. The summed E-state index contributed by atoms with van der Waals surface area (Å²) in [5.41, 5.74) is 2.33. The molecule has 90 valence electrons. The summed E-state index contributed by atoms with van der Waals surface area (Å²) in [5, 5.41) is 9.37. The number of benzene rings is 1. The molecule has 1 unspecified atom stereocenters. The van der Waals surface area contributed by atoms with E-state index in [-0.39, 0.29) is 6.04 Å². The van der Waals surface area contributed by atoms with Crippen LogP contribution in [-0.4, -0.2) is 23.2 Å². The number of carboxylic acid groups (broad SMARTS) is 1. The fourth-order valence-electron chi connectivity index (χ4n) is 3.25. The minimum absolute atomic E-state index is 0.351. The Bertz CT molecular complexity index is 438. The molecule has 1 aromatic rings. The molecule has 3 rings (SSSR count).